The zero-order valence-corrected chi connectivity index (χ0v) is 26.3. The molecule has 0 fully saturated rings. The molecule has 0 nitrogen and oxygen atoms in total. The van der Waals surface area contributed by atoms with Gasteiger partial charge in [0.05, 0.1) is 0 Å². The van der Waals surface area contributed by atoms with Crippen LogP contribution < -0.4 is 0 Å². The molecule has 10 rings (SSSR count). The van der Waals surface area contributed by atoms with E-state index < -0.39 is 0 Å². The smallest absolute Gasteiger partial charge is 0.00137 e. The monoisotopic (exact) mass is 606 g/mol. The van der Waals surface area contributed by atoms with Gasteiger partial charge in [0.2, 0.25) is 0 Å². The Balaban J connectivity index is 1.44. The van der Waals surface area contributed by atoms with Gasteiger partial charge in [-0.15, -0.1) is 0 Å². The average molecular weight is 607 g/mol. The van der Waals surface area contributed by atoms with Crippen LogP contribution in [0.25, 0.3) is 98.4 Å². The highest BCUT2D eigenvalue weighted by molar-refractivity contribution is 6.33. The number of fused-ring (bicyclic) bond motifs is 2. The maximum Gasteiger partial charge on any atom is -0.00137 e. The first-order valence-electron chi connectivity index (χ1n) is 16.7. The summed E-state index contributed by atoms with van der Waals surface area (Å²) in [5, 5.41) is 12.8. The highest BCUT2D eigenvalue weighted by Crippen LogP contribution is 2.52. The van der Waals surface area contributed by atoms with Crippen LogP contribution in [-0.4, -0.2) is 0 Å². The Labute approximate surface area is 279 Å². The van der Waals surface area contributed by atoms with Gasteiger partial charge in [-0.1, -0.05) is 182 Å². The number of hydrogen-bond acceptors (Lipinski definition) is 0. The molecule has 48 heavy (non-hydrogen) atoms. The van der Waals surface area contributed by atoms with Crippen molar-refractivity contribution in [2.45, 2.75) is 0 Å². The molecule has 0 saturated carbocycles. The van der Waals surface area contributed by atoms with Gasteiger partial charge < -0.3 is 0 Å². The van der Waals surface area contributed by atoms with E-state index in [9.17, 15) is 0 Å². The molecule has 0 aliphatic heterocycles. The van der Waals surface area contributed by atoms with Crippen LogP contribution in [0.4, 0.5) is 0 Å². The third-order valence-electron chi connectivity index (χ3n) is 10.2. The minimum Gasteiger partial charge on any atom is -0.0622 e. The Morgan fingerprint density at radius 2 is 0.688 bits per heavy atom. The van der Waals surface area contributed by atoms with Gasteiger partial charge in [-0.05, 0) is 98.4 Å². The Morgan fingerprint density at radius 3 is 1.40 bits per heavy atom. The molecule has 0 heteroatoms. The number of benzene rings is 10. The molecule has 0 N–H and O–H groups in total. The molecule has 0 aliphatic rings. The van der Waals surface area contributed by atoms with Gasteiger partial charge in [0, 0.05) is 0 Å². The molecule has 0 aliphatic carbocycles. The second-order valence-electron chi connectivity index (χ2n) is 12.8. The van der Waals surface area contributed by atoms with E-state index >= 15 is 0 Å². The Bertz CT molecular complexity index is 2800. The van der Waals surface area contributed by atoms with Crippen molar-refractivity contribution in [3.63, 3.8) is 0 Å². The van der Waals surface area contributed by atoms with Crippen LogP contribution in [0.2, 0.25) is 0 Å². The third-order valence-corrected chi connectivity index (χ3v) is 10.2. The van der Waals surface area contributed by atoms with Crippen molar-refractivity contribution in [3.05, 3.63) is 182 Å². The summed E-state index contributed by atoms with van der Waals surface area (Å²) in [5.41, 5.74) is 10.1. The highest BCUT2D eigenvalue weighted by atomic mass is 14.3. The van der Waals surface area contributed by atoms with E-state index in [1.165, 1.54) is 98.4 Å². The van der Waals surface area contributed by atoms with E-state index in [0.717, 1.165) is 0 Å². The van der Waals surface area contributed by atoms with Gasteiger partial charge in [0.1, 0.15) is 0 Å². The van der Waals surface area contributed by atoms with E-state index in [1.54, 1.807) is 0 Å². The van der Waals surface area contributed by atoms with E-state index in [1.807, 2.05) is 0 Å². The first-order chi connectivity index (χ1) is 23.8. The molecule has 10 aromatic carbocycles. The average Bonchev–Trinajstić information content (AvgIpc) is 3.16. The Hall–Kier alpha value is -6.24. The van der Waals surface area contributed by atoms with Crippen molar-refractivity contribution in [1.82, 2.24) is 0 Å². The Morgan fingerprint density at radius 1 is 0.208 bits per heavy atom. The molecule has 0 heterocycles. The fraction of sp³-hybridized carbons (Fsp3) is 0. The Kier molecular flexibility index (Phi) is 5.98. The lowest BCUT2D eigenvalue weighted by molar-refractivity contribution is 1.61. The van der Waals surface area contributed by atoms with Gasteiger partial charge in [-0.3, -0.25) is 0 Å². The molecule has 0 radical (unpaired) electrons. The highest BCUT2D eigenvalue weighted by Gasteiger charge is 2.25. The summed E-state index contributed by atoms with van der Waals surface area (Å²) >= 11 is 0. The summed E-state index contributed by atoms with van der Waals surface area (Å²) in [5.74, 6) is 0. The van der Waals surface area contributed by atoms with Gasteiger partial charge >= 0.3 is 0 Å². The van der Waals surface area contributed by atoms with Gasteiger partial charge in [-0.2, -0.15) is 0 Å². The lowest BCUT2D eigenvalue weighted by atomic mass is 9.78. The summed E-state index contributed by atoms with van der Waals surface area (Å²) in [7, 11) is 0. The van der Waals surface area contributed by atoms with Crippen LogP contribution in [-0.2, 0) is 0 Å². The summed E-state index contributed by atoms with van der Waals surface area (Å²) in [6, 6.07) is 67.1. The fourth-order valence-electron chi connectivity index (χ4n) is 8.18. The van der Waals surface area contributed by atoms with E-state index in [2.05, 4.69) is 182 Å². The zero-order chi connectivity index (χ0) is 31.6. The van der Waals surface area contributed by atoms with Gasteiger partial charge in [0.15, 0.2) is 0 Å². The standard InChI is InChI=1S/C48H30/c1-3-15-33(16-4-1)45-42-30-29-41-39(38-23-11-19-31-13-7-9-21-36(31)38)27-25-35-26-28-43(48(42)44(35)41)47(46(45)34-17-5-2-6-18-34)40-24-12-20-32-14-8-10-22-37(32)40/h1-30H. The molecule has 0 atom stereocenters. The van der Waals surface area contributed by atoms with Crippen LogP contribution in [0.5, 0.6) is 0 Å². The van der Waals surface area contributed by atoms with Crippen molar-refractivity contribution in [1.29, 1.82) is 0 Å². The summed E-state index contributed by atoms with van der Waals surface area (Å²) in [6.07, 6.45) is 0. The minimum atomic E-state index is 1.22. The van der Waals surface area contributed by atoms with Crippen LogP contribution >= 0.6 is 0 Å². The molecule has 10 aromatic rings. The summed E-state index contributed by atoms with van der Waals surface area (Å²) < 4.78 is 0. The first kappa shape index (κ1) is 26.9. The summed E-state index contributed by atoms with van der Waals surface area (Å²) in [6.45, 7) is 0. The maximum absolute atomic E-state index is 2.39. The van der Waals surface area contributed by atoms with Crippen molar-refractivity contribution < 1.29 is 0 Å². The van der Waals surface area contributed by atoms with E-state index in [0.29, 0.717) is 0 Å². The maximum atomic E-state index is 2.39. The lowest BCUT2D eigenvalue weighted by Crippen LogP contribution is -1.97. The topological polar surface area (TPSA) is 0 Å². The quantitative estimate of drug-likeness (QED) is 0.175. The molecule has 0 amide bonds. The molecular formula is C48H30. The SMILES string of the molecule is c1ccc(-c2c(-c3ccccc3)c3ccc4c(-c5cccc6ccccc56)ccc5ccc(c2-c2cccc6ccccc26)c3c54)cc1. The van der Waals surface area contributed by atoms with Crippen molar-refractivity contribution in [2.24, 2.45) is 0 Å². The van der Waals surface area contributed by atoms with Crippen LogP contribution in [0.3, 0.4) is 0 Å². The molecule has 0 saturated heterocycles. The number of rotatable bonds is 4. The van der Waals surface area contributed by atoms with Crippen LogP contribution in [0.1, 0.15) is 0 Å². The van der Waals surface area contributed by atoms with Gasteiger partial charge in [0.25, 0.3) is 0 Å². The van der Waals surface area contributed by atoms with Crippen molar-refractivity contribution in [2.75, 3.05) is 0 Å². The summed E-state index contributed by atoms with van der Waals surface area (Å²) in [4.78, 5) is 0. The molecule has 0 spiro atoms. The molecule has 0 unspecified atom stereocenters. The zero-order valence-electron chi connectivity index (χ0n) is 26.3. The minimum absolute atomic E-state index is 1.22. The largest absolute Gasteiger partial charge is 0.0622 e. The van der Waals surface area contributed by atoms with Crippen LogP contribution in [0, 0.1) is 0 Å². The molecule has 0 aromatic heterocycles. The first-order valence-corrected chi connectivity index (χ1v) is 16.7. The molecule has 222 valence electrons. The lowest BCUT2D eigenvalue weighted by Gasteiger charge is -2.25. The van der Waals surface area contributed by atoms with Crippen molar-refractivity contribution in [3.8, 4) is 44.5 Å². The predicted octanol–water partition coefficient (Wildman–Crippen LogP) is 13.6. The van der Waals surface area contributed by atoms with E-state index in [-0.39, 0.29) is 0 Å². The normalized spacial score (nSPS) is 11.8. The molecule has 0 bridgehead atoms. The third kappa shape index (κ3) is 3.96. The second-order valence-corrected chi connectivity index (χ2v) is 12.8. The van der Waals surface area contributed by atoms with Gasteiger partial charge in [-0.25, -0.2) is 0 Å². The number of hydrogen-bond donors (Lipinski definition) is 0. The molecular weight excluding hydrogens is 577 g/mol. The van der Waals surface area contributed by atoms with Crippen LogP contribution in [0.15, 0.2) is 182 Å². The second kappa shape index (κ2) is 10.7. The predicted molar refractivity (Wildman–Crippen MR) is 207 cm³/mol. The van der Waals surface area contributed by atoms with Crippen molar-refractivity contribution >= 4 is 53.9 Å². The fourth-order valence-corrected chi connectivity index (χ4v) is 8.18. The van der Waals surface area contributed by atoms with E-state index in [4.69, 9.17) is 0 Å².